The number of nitrogens with zero attached hydrogens (tertiary/aromatic N) is 1. The summed E-state index contributed by atoms with van der Waals surface area (Å²) in [5.41, 5.74) is -0.520. The van der Waals surface area contributed by atoms with Crippen molar-refractivity contribution in [2.45, 2.75) is 20.8 Å². The molecule has 1 heterocycles. The van der Waals surface area contributed by atoms with E-state index in [1.165, 1.54) is 6.20 Å². The van der Waals surface area contributed by atoms with Gasteiger partial charge >= 0.3 is 5.97 Å². The Morgan fingerprint density at radius 3 is 2.36 bits per heavy atom. The van der Waals surface area contributed by atoms with Crippen molar-refractivity contribution in [1.82, 2.24) is 4.98 Å². The second-order valence-electron chi connectivity index (χ2n) is 3.91. The Balaban J connectivity index is 2.99. The van der Waals surface area contributed by atoms with E-state index in [9.17, 15) is 9.59 Å². The number of hydrogen-bond acceptors (Lipinski definition) is 4. The van der Waals surface area contributed by atoms with Crippen molar-refractivity contribution in [3.05, 3.63) is 16.1 Å². The molecule has 76 valence electrons. The minimum atomic E-state index is -1.05. The minimum absolute atomic E-state index is 0.0950. The summed E-state index contributed by atoms with van der Waals surface area (Å²) in [6, 6.07) is 0. The van der Waals surface area contributed by atoms with E-state index in [0.29, 0.717) is 0 Å². The van der Waals surface area contributed by atoms with Crippen LogP contribution in [0.15, 0.2) is 6.20 Å². The van der Waals surface area contributed by atoms with Crippen LogP contribution in [0.3, 0.4) is 0 Å². The molecule has 5 heteroatoms. The highest BCUT2D eigenvalue weighted by atomic mass is 32.1. The first-order valence-corrected chi connectivity index (χ1v) is 4.88. The van der Waals surface area contributed by atoms with Crippen molar-refractivity contribution < 1.29 is 14.7 Å². The van der Waals surface area contributed by atoms with E-state index in [4.69, 9.17) is 5.11 Å². The summed E-state index contributed by atoms with van der Waals surface area (Å²) in [7, 11) is 0. The van der Waals surface area contributed by atoms with Crippen molar-refractivity contribution in [1.29, 1.82) is 0 Å². The summed E-state index contributed by atoms with van der Waals surface area (Å²) in [5.74, 6) is -1.18. The number of rotatable bonds is 2. The number of carbonyl (C=O) groups is 2. The number of carbonyl (C=O) groups excluding carboxylic acids is 1. The quantitative estimate of drug-likeness (QED) is 0.763. The second-order valence-corrected chi connectivity index (χ2v) is 4.94. The molecule has 0 aliphatic carbocycles. The first-order valence-electron chi connectivity index (χ1n) is 4.06. The number of carboxylic acids is 1. The summed E-state index contributed by atoms with van der Waals surface area (Å²) < 4.78 is 0. The number of aromatic nitrogens is 1. The highest BCUT2D eigenvalue weighted by molar-refractivity contribution is 7.15. The number of aromatic carboxylic acids is 1. The lowest BCUT2D eigenvalue weighted by molar-refractivity contribution is 0.0701. The van der Waals surface area contributed by atoms with Gasteiger partial charge in [0.25, 0.3) is 0 Å². The van der Waals surface area contributed by atoms with E-state index in [0.717, 1.165) is 11.3 Å². The number of hydrogen-bond donors (Lipinski definition) is 1. The van der Waals surface area contributed by atoms with Crippen molar-refractivity contribution in [2.75, 3.05) is 0 Å². The zero-order chi connectivity index (χ0) is 10.9. The van der Waals surface area contributed by atoms with Gasteiger partial charge in [-0.15, -0.1) is 11.3 Å². The average molecular weight is 213 g/mol. The molecule has 0 radical (unpaired) electrons. The van der Waals surface area contributed by atoms with E-state index >= 15 is 0 Å². The first-order chi connectivity index (χ1) is 6.32. The molecule has 1 N–H and O–H groups in total. The van der Waals surface area contributed by atoms with E-state index in [2.05, 4.69) is 4.98 Å². The van der Waals surface area contributed by atoms with Crippen LogP contribution in [0, 0.1) is 5.41 Å². The van der Waals surface area contributed by atoms with E-state index in [-0.39, 0.29) is 15.7 Å². The molecule has 0 saturated heterocycles. The Morgan fingerprint density at radius 1 is 1.43 bits per heavy atom. The third kappa shape index (κ3) is 2.17. The highest BCUT2D eigenvalue weighted by Crippen LogP contribution is 2.23. The Bertz CT molecular complexity index is 376. The molecule has 0 aromatic carbocycles. The molecule has 0 aliphatic heterocycles. The van der Waals surface area contributed by atoms with Crippen LogP contribution in [0.4, 0.5) is 0 Å². The van der Waals surface area contributed by atoms with Crippen LogP contribution in [0.1, 0.15) is 40.2 Å². The molecule has 0 bridgehead atoms. The predicted molar refractivity (Wildman–Crippen MR) is 52.9 cm³/mol. The molecule has 1 rings (SSSR count). The lowest BCUT2D eigenvalue weighted by Gasteiger charge is -2.13. The van der Waals surface area contributed by atoms with Crippen LogP contribution in [0.5, 0.6) is 0 Å². The predicted octanol–water partition coefficient (Wildman–Crippen LogP) is 2.07. The van der Waals surface area contributed by atoms with Crippen LogP contribution in [-0.2, 0) is 0 Å². The van der Waals surface area contributed by atoms with Gasteiger partial charge in [0, 0.05) is 5.41 Å². The molecule has 1 aromatic heterocycles. The Labute approximate surface area is 85.6 Å². The van der Waals surface area contributed by atoms with Crippen LogP contribution in [0.25, 0.3) is 0 Å². The van der Waals surface area contributed by atoms with Gasteiger partial charge in [-0.3, -0.25) is 4.79 Å². The van der Waals surface area contributed by atoms with E-state index in [1.54, 1.807) is 20.8 Å². The Kier molecular flexibility index (Phi) is 2.71. The first kappa shape index (κ1) is 10.8. The van der Waals surface area contributed by atoms with E-state index in [1.807, 2.05) is 0 Å². The number of thiazole rings is 1. The molecule has 4 nitrogen and oxygen atoms in total. The summed E-state index contributed by atoms with van der Waals surface area (Å²) in [4.78, 5) is 26.1. The van der Waals surface area contributed by atoms with Gasteiger partial charge in [-0.1, -0.05) is 20.8 Å². The van der Waals surface area contributed by atoms with Crippen molar-refractivity contribution in [3.63, 3.8) is 0 Å². The third-order valence-electron chi connectivity index (χ3n) is 1.59. The Morgan fingerprint density at radius 2 is 2.00 bits per heavy atom. The number of ketones is 1. The fourth-order valence-corrected chi connectivity index (χ4v) is 1.70. The molecule has 1 aromatic rings. The molecule has 0 saturated carbocycles. The molecule has 0 amide bonds. The van der Waals surface area contributed by atoms with Gasteiger partial charge in [0.1, 0.15) is 4.88 Å². The van der Waals surface area contributed by atoms with Crippen molar-refractivity contribution in [3.8, 4) is 0 Å². The van der Waals surface area contributed by atoms with Crippen LogP contribution in [0.2, 0.25) is 0 Å². The summed E-state index contributed by atoms with van der Waals surface area (Å²) in [5, 5.41) is 8.90. The third-order valence-corrected chi connectivity index (χ3v) is 2.58. The van der Waals surface area contributed by atoms with E-state index < -0.39 is 11.4 Å². The largest absolute Gasteiger partial charge is 0.477 e. The standard InChI is InChI=1S/C9H11NO3S/c1-9(2,3)6(11)7-10-4-5(14-7)8(12)13/h4H,1-3H3,(H,12,13). The van der Waals surface area contributed by atoms with Crippen LogP contribution < -0.4 is 0 Å². The maximum atomic E-state index is 11.7. The molecule has 0 unspecified atom stereocenters. The SMILES string of the molecule is CC(C)(C)C(=O)c1ncc(C(=O)O)s1. The zero-order valence-corrected chi connectivity index (χ0v) is 9.01. The summed E-state index contributed by atoms with van der Waals surface area (Å²) >= 11 is 0.916. The van der Waals surface area contributed by atoms with Crippen molar-refractivity contribution in [2.24, 2.45) is 5.41 Å². The molecule has 0 fully saturated rings. The summed E-state index contributed by atoms with van der Waals surface area (Å²) in [6.45, 7) is 5.32. The van der Waals surface area contributed by atoms with Gasteiger partial charge in [-0.25, -0.2) is 9.78 Å². The van der Waals surface area contributed by atoms with Gasteiger partial charge in [-0.2, -0.15) is 0 Å². The molecular formula is C9H11NO3S. The second kappa shape index (κ2) is 3.49. The smallest absolute Gasteiger partial charge is 0.347 e. The fourth-order valence-electron chi connectivity index (χ4n) is 0.799. The number of carboxylic acid groups (broad SMARTS) is 1. The maximum absolute atomic E-state index is 11.7. The number of Topliss-reactive ketones (excluding diaryl/α,β-unsaturated/α-hetero) is 1. The topological polar surface area (TPSA) is 67.3 Å². The van der Waals surface area contributed by atoms with Crippen LogP contribution >= 0.6 is 11.3 Å². The lowest BCUT2D eigenvalue weighted by Crippen LogP contribution is -2.19. The highest BCUT2D eigenvalue weighted by Gasteiger charge is 2.26. The molecule has 0 spiro atoms. The molecule has 0 atom stereocenters. The average Bonchev–Trinajstić information content (AvgIpc) is 2.48. The maximum Gasteiger partial charge on any atom is 0.347 e. The van der Waals surface area contributed by atoms with Gasteiger partial charge in [0.2, 0.25) is 0 Å². The normalized spacial score (nSPS) is 11.4. The molecule has 0 aliphatic rings. The molecular weight excluding hydrogens is 202 g/mol. The zero-order valence-electron chi connectivity index (χ0n) is 8.20. The Hall–Kier alpha value is -1.23. The molecule has 14 heavy (non-hydrogen) atoms. The van der Waals surface area contributed by atoms with Crippen LogP contribution in [-0.4, -0.2) is 21.8 Å². The van der Waals surface area contributed by atoms with Gasteiger partial charge in [-0.05, 0) is 0 Å². The fraction of sp³-hybridized carbons (Fsp3) is 0.444. The van der Waals surface area contributed by atoms with Gasteiger partial charge < -0.3 is 5.11 Å². The van der Waals surface area contributed by atoms with Gasteiger partial charge in [0.05, 0.1) is 6.20 Å². The van der Waals surface area contributed by atoms with Gasteiger partial charge in [0.15, 0.2) is 10.8 Å². The summed E-state index contributed by atoms with van der Waals surface area (Å²) in [6.07, 6.45) is 1.21. The monoisotopic (exact) mass is 213 g/mol. The lowest BCUT2D eigenvalue weighted by atomic mass is 9.91. The van der Waals surface area contributed by atoms with Crippen molar-refractivity contribution >= 4 is 23.1 Å². The minimum Gasteiger partial charge on any atom is -0.477 e.